The Hall–Kier alpha value is -3.37. The van der Waals surface area contributed by atoms with Crippen LogP contribution in [0.5, 0.6) is 0 Å². The second-order valence-corrected chi connectivity index (χ2v) is 6.62. The molecule has 0 unspecified atom stereocenters. The summed E-state index contributed by atoms with van der Waals surface area (Å²) < 4.78 is 7.81. The van der Waals surface area contributed by atoms with Gasteiger partial charge in [-0.25, -0.2) is 15.0 Å². The number of nitrogens with two attached hydrogens (primary N) is 1. The van der Waals surface area contributed by atoms with Gasteiger partial charge in [0.1, 0.15) is 24.7 Å². The highest BCUT2D eigenvalue weighted by Gasteiger charge is 2.38. The van der Waals surface area contributed by atoms with Gasteiger partial charge in [-0.1, -0.05) is 12.1 Å². The second-order valence-electron chi connectivity index (χ2n) is 6.62. The fraction of sp³-hybridized carbons (Fsp3) is 0.278. The lowest BCUT2D eigenvalue weighted by Crippen LogP contribution is -2.33. The maximum Gasteiger partial charge on any atom is 0.285 e. The lowest BCUT2D eigenvalue weighted by Gasteiger charge is -2.18. The van der Waals surface area contributed by atoms with Crippen molar-refractivity contribution in [2.75, 3.05) is 12.3 Å². The first kappa shape index (κ1) is 16.8. The summed E-state index contributed by atoms with van der Waals surface area (Å²) in [6.07, 6.45) is 3.86. The van der Waals surface area contributed by atoms with Crippen LogP contribution in [0.25, 0.3) is 11.2 Å². The van der Waals surface area contributed by atoms with E-state index in [0.717, 1.165) is 5.06 Å². The molecule has 1 saturated heterocycles. The predicted molar refractivity (Wildman–Crippen MR) is 95.8 cm³/mol. The Morgan fingerprint density at radius 1 is 1.11 bits per heavy atom. The van der Waals surface area contributed by atoms with Gasteiger partial charge in [-0.2, -0.15) is 0 Å². The van der Waals surface area contributed by atoms with E-state index in [1.54, 1.807) is 35.2 Å². The molecule has 1 fully saturated rings. The fourth-order valence-corrected chi connectivity index (χ4v) is 3.54. The number of anilines is 1. The molecule has 2 N–H and O–H groups in total. The summed E-state index contributed by atoms with van der Waals surface area (Å²) in [4.78, 5) is 42.6. The SMILES string of the molecule is Nc1ncnc2c1ncn2[C@H]1CC[C@@H](CON2C(=O)c3ccccc3C2=O)O1. The molecular formula is C18H16N6O4. The molecule has 3 aromatic rings. The van der Waals surface area contributed by atoms with Crippen molar-refractivity contribution in [1.29, 1.82) is 0 Å². The van der Waals surface area contributed by atoms with Crippen LogP contribution in [0, 0.1) is 0 Å². The number of hydrogen-bond acceptors (Lipinski definition) is 8. The number of hydroxylamine groups is 2. The second kappa shape index (κ2) is 6.36. The number of carbonyl (C=O) groups is 2. The third-order valence-electron chi connectivity index (χ3n) is 4.93. The molecular weight excluding hydrogens is 364 g/mol. The normalized spacial score (nSPS) is 21.6. The molecule has 28 heavy (non-hydrogen) atoms. The van der Waals surface area contributed by atoms with Crippen molar-refractivity contribution in [3.63, 3.8) is 0 Å². The van der Waals surface area contributed by atoms with Gasteiger partial charge in [0, 0.05) is 0 Å². The van der Waals surface area contributed by atoms with E-state index in [1.165, 1.54) is 6.33 Å². The Balaban J connectivity index is 1.26. The van der Waals surface area contributed by atoms with Crippen molar-refractivity contribution in [1.82, 2.24) is 24.6 Å². The molecule has 2 aromatic heterocycles. The van der Waals surface area contributed by atoms with Gasteiger partial charge in [0.15, 0.2) is 11.5 Å². The number of benzene rings is 1. The Morgan fingerprint density at radius 3 is 2.61 bits per heavy atom. The van der Waals surface area contributed by atoms with Crippen molar-refractivity contribution < 1.29 is 19.2 Å². The van der Waals surface area contributed by atoms with Crippen LogP contribution < -0.4 is 5.73 Å². The van der Waals surface area contributed by atoms with E-state index in [2.05, 4.69) is 15.0 Å². The molecule has 1 aromatic carbocycles. The lowest BCUT2D eigenvalue weighted by molar-refractivity contribution is -0.130. The topological polar surface area (TPSA) is 125 Å². The Morgan fingerprint density at radius 2 is 1.86 bits per heavy atom. The van der Waals surface area contributed by atoms with Crippen LogP contribution in [-0.2, 0) is 9.57 Å². The van der Waals surface area contributed by atoms with E-state index in [-0.39, 0.29) is 18.9 Å². The number of amides is 2. The summed E-state index contributed by atoms with van der Waals surface area (Å²) in [5, 5.41) is 0.807. The van der Waals surface area contributed by atoms with E-state index in [1.807, 2.05) is 0 Å². The van der Waals surface area contributed by atoms with Crippen LogP contribution in [0.1, 0.15) is 39.8 Å². The smallest absolute Gasteiger partial charge is 0.285 e. The molecule has 10 nitrogen and oxygen atoms in total. The van der Waals surface area contributed by atoms with Crippen molar-refractivity contribution >= 4 is 28.8 Å². The number of nitrogens with zero attached hydrogens (tertiary/aromatic N) is 5. The first-order valence-electron chi connectivity index (χ1n) is 8.82. The molecule has 2 atom stereocenters. The minimum atomic E-state index is -0.456. The molecule has 142 valence electrons. The molecule has 0 bridgehead atoms. The number of imide groups is 1. The first-order valence-corrected chi connectivity index (χ1v) is 8.82. The van der Waals surface area contributed by atoms with Crippen molar-refractivity contribution in [3.05, 3.63) is 48.0 Å². The highest BCUT2D eigenvalue weighted by molar-refractivity contribution is 6.20. The summed E-state index contributed by atoms with van der Waals surface area (Å²) in [7, 11) is 0. The van der Waals surface area contributed by atoms with Crippen LogP contribution >= 0.6 is 0 Å². The predicted octanol–water partition coefficient (Wildman–Crippen LogP) is 1.31. The number of fused-ring (bicyclic) bond motifs is 2. The summed E-state index contributed by atoms with van der Waals surface area (Å²) in [5.41, 5.74) is 7.63. The van der Waals surface area contributed by atoms with E-state index in [4.69, 9.17) is 15.3 Å². The molecule has 0 radical (unpaired) electrons. The highest BCUT2D eigenvalue weighted by atomic mass is 16.7. The maximum absolute atomic E-state index is 12.3. The van der Waals surface area contributed by atoms with Crippen LogP contribution in [0.15, 0.2) is 36.9 Å². The molecule has 0 aliphatic carbocycles. The summed E-state index contributed by atoms with van der Waals surface area (Å²) in [6, 6.07) is 6.64. The minimum absolute atomic E-state index is 0.0890. The van der Waals surface area contributed by atoms with Gasteiger partial charge < -0.3 is 10.5 Å². The van der Waals surface area contributed by atoms with E-state index in [9.17, 15) is 9.59 Å². The molecule has 2 aliphatic rings. The first-order chi connectivity index (χ1) is 13.6. The number of rotatable bonds is 4. The molecule has 4 heterocycles. The monoisotopic (exact) mass is 380 g/mol. The van der Waals surface area contributed by atoms with Gasteiger partial charge in [-0.15, -0.1) is 5.06 Å². The van der Waals surface area contributed by atoms with Gasteiger partial charge in [0.2, 0.25) is 0 Å². The Labute approximate surface area is 158 Å². The number of imidazole rings is 1. The van der Waals surface area contributed by atoms with Crippen molar-refractivity contribution in [2.24, 2.45) is 0 Å². The van der Waals surface area contributed by atoms with Crippen LogP contribution in [0.3, 0.4) is 0 Å². The lowest BCUT2D eigenvalue weighted by atomic mass is 10.1. The molecule has 0 spiro atoms. The van der Waals surface area contributed by atoms with Gasteiger partial charge in [0.25, 0.3) is 11.8 Å². The zero-order chi connectivity index (χ0) is 19.3. The van der Waals surface area contributed by atoms with Gasteiger partial charge in [-0.3, -0.25) is 19.0 Å². The van der Waals surface area contributed by atoms with Gasteiger partial charge in [0.05, 0.1) is 23.6 Å². The largest absolute Gasteiger partial charge is 0.382 e. The fourth-order valence-electron chi connectivity index (χ4n) is 3.54. The molecule has 10 heteroatoms. The number of hydrogen-bond donors (Lipinski definition) is 1. The van der Waals surface area contributed by atoms with Gasteiger partial charge in [-0.05, 0) is 25.0 Å². The Kier molecular flexibility index (Phi) is 3.81. The van der Waals surface area contributed by atoms with Crippen LogP contribution in [0.4, 0.5) is 5.82 Å². The molecule has 0 saturated carbocycles. The summed E-state index contributed by atoms with van der Waals surface area (Å²) in [5.74, 6) is -0.599. The standard InChI is InChI=1S/C18H16N6O4/c19-15-14-16(21-8-20-15)23(9-22-14)13-6-5-10(28-13)7-27-24-17(25)11-3-1-2-4-12(11)18(24)26/h1-4,8-10,13H,5-7H2,(H2,19,20,21)/t10-,13+/m0/s1. The minimum Gasteiger partial charge on any atom is -0.382 e. The van der Waals surface area contributed by atoms with Crippen molar-refractivity contribution in [2.45, 2.75) is 25.2 Å². The van der Waals surface area contributed by atoms with E-state index < -0.39 is 11.8 Å². The van der Waals surface area contributed by atoms with E-state index >= 15 is 0 Å². The number of nitrogen functional groups attached to an aromatic ring is 1. The third-order valence-corrected chi connectivity index (χ3v) is 4.93. The molecule has 5 rings (SSSR count). The quantitative estimate of drug-likeness (QED) is 0.672. The number of ether oxygens (including phenoxy) is 1. The third kappa shape index (κ3) is 2.53. The van der Waals surface area contributed by atoms with Crippen LogP contribution in [0.2, 0.25) is 0 Å². The maximum atomic E-state index is 12.3. The number of aromatic nitrogens is 4. The number of carbonyl (C=O) groups excluding carboxylic acids is 2. The molecule has 2 amide bonds. The zero-order valence-corrected chi connectivity index (χ0v) is 14.7. The average molecular weight is 380 g/mol. The highest BCUT2D eigenvalue weighted by Crippen LogP contribution is 2.31. The van der Waals surface area contributed by atoms with Crippen LogP contribution in [-0.4, -0.2) is 49.1 Å². The Bertz CT molecular complexity index is 1060. The van der Waals surface area contributed by atoms with Gasteiger partial charge >= 0.3 is 0 Å². The zero-order valence-electron chi connectivity index (χ0n) is 14.7. The van der Waals surface area contributed by atoms with Crippen molar-refractivity contribution in [3.8, 4) is 0 Å². The van der Waals surface area contributed by atoms with E-state index in [0.29, 0.717) is 41.0 Å². The average Bonchev–Trinajstić information content (AvgIpc) is 3.40. The summed E-state index contributed by atoms with van der Waals surface area (Å²) in [6.45, 7) is 0.0890. The molecule has 2 aliphatic heterocycles. The summed E-state index contributed by atoms with van der Waals surface area (Å²) >= 11 is 0.